The average molecular weight is 992 g/mol. The van der Waals surface area contributed by atoms with Crippen LogP contribution < -0.4 is 15.9 Å². The molecule has 0 aliphatic carbocycles. The molecule has 2 aromatic heterocycles. The summed E-state index contributed by atoms with van der Waals surface area (Å²) in [4.78, 5) is 30.2. The van der Waals surface area contributed by atoms with E-state index in [1.54, 1.807) is 80.2 Å². The number of nitrogens with two attached hydrogens (primary N) is 1. The molecule has 178 valence electrons. The van der Waals surface area contributed by atoms with Gasteiger partial charge in [0.15, 0.2) is 0 Å². The monoisotopic (exact) mass is 993 g/mol. The zero-order valence-corrected chi connectivity index (χ0v) is 26.7. The van der Waals surface area contributed by atoms with Crippen LogP contribution in [0.5, 0.6) is 0 Å². The fourth-order valence-electron chi connectivity index (χ4n) is 2.07. The van der Waals surface area contributed by atoms with Gasteiger partial charge in [0, 0.05) is 34.2 Å². The standard InChI is InChI=1S/C10H8N2.C8H4I3NO4.4H2O.Pb/c1-3-7-11-9(5-1)10-6-2-4-8-12-10;9-3-1(7(13)14)4(10)6(12)5(11)2(3)8(15)16;;;;;/h1-8H;12H2,(H,13,14)(H,15,16);4*1H2;/q;;;;;;+2/p-2. The van der Waals surface area contributed by atoms with E-state index in [1.165, 1.54) is 0 Å². The van der Waals surface area contributed by atoms with E-state index in [1.807, 2.05) is 36.4 Å². The molecule has 0 unspecified atom stereocenters. The van der Waals surface area contributed by atoms with Crippen molar-refractivity contribution in [2.24, 2.45) is 0 Å². The summed E-state index contributed by atoms with van der Waals surface area (Å²) in [6.45, 7) is 0. The number of rotatable bonds is 3. The first-order chi connectivity index (χ1) is 13.3. The van der Waals surface area contributed by atoms with E-state index in [9.17, 15) is 19.8 Å². The molecule has 15 heteroatoms. The second-order valence-corrected chi connectivity index (χ2v) is 8.35. The molecule has 33 heavy (non-hydrogen) atoms. The third-order valence-corrected chi connectivity index (χ3v) is 6.67. The number of nitrogens with zero attached hydrogens (tertiary/aromatic N) is 2. The van der Waals surface area contributed by atoms with Crippen LogP contribution in [0.1, 0.15) is 20.7 Å². The van der Waals surface area contributed by atoms with Gasteiger partial charge < -0.3 is 47.4 Å². The SMILES string of the molecule is Nc1c(I)c(C(=O)[O-])c(I)c(C(=O)[O-])c1I.O.O.O.O.[Pb+2].c1ccc(-c2ccccn2)nc1. The van der Waals surface area contributed by atoms with Crippen molar-refractivity contribution in [1.82, 2.24) is 9.97 Å². The number of benzene rings is 1. The van der Waals surface area contributed by atoms with Crippen molar-refractivity contribution in [2.45, 2.75) is 0 Å². The van der Waals surface area contributed by atoms with Gasteiger partial charge in [-0.3, -0.25) is 9.97 Å². The Balaban J connectivity index is -0.000000226. The molecule has 0 amide bonds. The van der Waals surface area contributed by atoms with E-state index < -0.39 is 11.9 Å². The number of aromatic nitrogens is 2. The fraction of sp³-hybridized carbons (Fsp3) is 0. The Morgan fingerprint density at radius 2 is 1.03 bits per heavy atom. The van der Waals surface area contributed by atoms with Crippen molar-refractivity contribution < 1.29 is 41.7 Å². The first-order valence-corrected chi connectivity index (χ1v) is 10.7. The Morgan fingerprint density at radius 3 is 1.27 bits per heavy atom. The molecule has 0 atom stereocenters. The van der Waals surface area contributed by atoms with Gasteiger partial charge in [0.2, 0.25) is 0 Å². The molecule has 3 aromatic rings. The van der Waals surface area contributed by atoms with Crippen molar-refractivity contribution >= 4 is 113 Å². The van der Waals surface area contributed by atoms with Gasteiger partial charge in [-0.2, -0.15) is 0 Å². The van der Waals surface area contributed by atoms with Crippen LogP contribution in [0.15, 0.2) is 48.8 Å². The second kappa shape index (κ2) is 18.5. The summed E-state index contributed by atoms with van der Waals surface area (Å²) in [5.74, 6) is -2.92. The maximum Gasteiger partial charge on any atom is 2.00 e. The number of hydrogen-bond donors (Lipinski definition) is 1. The van der Waals surface area contributed by atoms with E-state index in [0.717, 1.165) is 11.4 Å². The number of carboxylic acids is 2. The van der Waals surface area contributed by atoms with E-state index in [2.05, 4.69) is 9.97 Å². The van der Waals surface area contributed by atoms with Crippen molar-refractivity contribution in [1.29, 1.82) is 0 Å². The summed E-state index contributed by atoms with van der Waals surface area (Å²) < 4.78 is 0.619. The van der Waals surface area contributed by atoms with Crippen LogP contribution in [0.25, 0.3) is 11.4 Å². The first-order valence-electron chi connectivity index (χ1n) is 7.46. The molecule has 1 aromatic carbocycles. The summed E-state index contributed by atoms with van der Waals surface area (Å²) >= 11 is 5.12. The maximum absolute atomic E-state index is 10.9. The minimum Gasteiger partial charge on any atom is -0.545 e. The smallest absolute Gasteiger partial charge is 0.545 e. The Morgan fingerprint density at radius 1 is 0.697 bits per heavy atom. The van der Waals surface area contributed by atoms with E-state index >= 15 is 0 Å². The average Bonchev–Trinajstić information content (AvgIpc) is 2.68. The predicted octanol–water partition coefficient (Wildman–Crippen LogP) is -1.73. The topological polar surface area (TPSA) is 258 Å². The van der Waals surface area contributed by atoms with Crippen molar-refractivity contribution in [2.75, 3.05) is 5.73 Å². The molecular weight excluding hydrogens is 974 g/mol. The zero-order valence-electron chi connectivity index (χ0n) is 16.4. The molecule has 0 aliphatic rings. The third-order valence-electron chi connectivity index (χ3n) is 3.35. The molecule has 0 saturated heterocycles. The number of hydrogen-bond acceptors (Lipinski definition) is 7. The Labute approximate surface area is 249 Å². The molecule has 2 heterocycles. The molecule has 0 bridgehead atoms. The van der Waals surface area contributed by atoms with Crippen LogP contribution in [0.2, 0.25) is 0 Å². The summed E-state index contributed by atoms with van der Waals surface area (Å²) in [6, 6.07) is 11.6. The van der Waals surface area contributed by atoms with Gasteiger partial charge in [0.1, 0.15) is 0 Å². The molecular formula is C18H18I3N3O8Pb. The largest absolute Gasteiger partial charge is 2.00 e. The number of carboxylic acid groups (broad SMARTS) is 2. The molecule has 10 N–H and O–H groups in total. The number of aromatic carboxylic acids is 2. The van der Waals surface area contributed by atoms with Gasteiger partial charge in [-0.15, -0.1) is 0 Å². The van der Waals surface area contributed by atoms with E-state index in [-0.39, 0.29) is 76.7 Å². The summed E-state index contributed by atoms with van der Waals surface area (Å²) in [7, 11) is 0. The number of anilines is 1. The molecule has 0 saturated carbocycles. The van der Waals surface area contributed by atoms with E-state index in [0.29, 0.717) is 0 Å². The van der Waals surface area contributed by atoms with Gasteiger partial charge in [-0.1, -0.05) is 12.1 Å². The minimum absolute atomic E-state index is 0. The van der Waals surface area contributed by atoms with Crippen molar-refractivity contribution in [3.63, 3.8) is 0 Å². The summed E-state index contributed by atoms with van der Waals surface area (Å²) in [5, 5.41) is 21.8. The van der Waals surface area contributed by atoms with Gasteiger partial charge >= 0.3 is 27.3 Å². The predicted molar refractivity (Wildman–Crippen MR) is 145 cm³/mol. The third kappa shape index (κ3) is 10.2. The molecule has 3 rings (SSSR count). The quantitative estimate of drug-likeness (QED) is 0.180. The molecule has 2 radical (unpaired) electrons. The van der Waals surface area contributed by atoms with Crippen LogP contribution >= 0.6 is 67.8 Å². The number of halogens is 3. The summed E-state index contributed by atoms with van der Waals surface area (Å²) in [5.41, 5.74) is 7.15. The Hall–Kier alpha value is -0.788. The fourth-order valence-corrected chi connectivity index (χ4v) is 6.12. The first kappa shape index (κ1) is 39.4. The summed E-state index contributed by atoms with van der Waals surface area (Å²) in [6.07, 6.45) is 3.54. The van der Waals surface area contributed by atoms with Crippen LogP contribution in [0, 0.1) is 10.7 Å². The van der Waals surface area contributed by atoms with Crippen molar-refractivity contribution in [3.05, 3.63) is 70.6 Å². The van der Waals surface area contributed by atoms with Gasteiger partial charge in [-0.05, 0) is 92.0 Å². The molecule has 0 fully saturated rings. The number of carbonyl (C=O) groups is 2. The number of nitrogen functional groups attached to an aromatic ring is 1. The normalized spacial score (nSPS) is 8.45. The molecule has 0 aliphatic heterocycles. The van der Waals surface area contributed by atoms with Gasteiger partial charge in [-0.25, -0.2) is 0 Å². The molecule has 11 nitrogen and oxygen atoms in total. The van der Waals surface area contributed by atoms with Crippen LogP contribution in [0.3, 0.4) is 0 Å². The second-order valence-electron chi connectivity index (χ2n) is 5.11. The number of pyridine rings is 2. The zero-order chi connectivity index (χ0) is 20.8. The van der Waals surface area contributed by atoms with Gasteiger partial charge in [0.25, 0.3) is 0 Å². The van der Waals surface area contributed by atoms with Crippen molar-refractivity contribution in [3.8, 4) is 11.4 Å². The van der Waals surface area contributed by atoms with Gasteiger partial charge in [0.05, 0.1) is 29.0 Å². The Kier molecular flexibility index (Phi) is 22.1. The van der Waals surface area contributed by atoms with Crippen LogP contribution in [-0.4, -0.2) is 71.1 Å². The number of carbonyl (C=O) groups excluding carboxylic acids is 2. The van der Waals surface area contributed by atoms with Crippen LogP contribution in [-0.2, 0) is 0 Å². The minimum atomic E-state index is -1.46. The van der Waals surface area contributed by atoms with Crippen LogP contribution in [0.4, 0.5) is 5.69 Å². The van der Waals surface area contributed by atoms with E-state index in [4.69, 9.17) is 5.73 Å². The molecule has 0 spiro atoms. The Bertz CT molecular complexity index is 953. The maximum atomic E-state index is 10.9.